The van der Waals surface area contributed by atoms with Crippen LogP contribution in [-0.2, 0) is 6.42 Å². The summed E-state index contributed by atoms with van der Waals surface area (Å²) in [5.41, 5.74) is 2.93. The molecular formula is C15H12Cl2O. The average Bonchev–Trinajstić information content (AvgIpc) is 2.33. The Kier molecular flexibility index (Phi) is 3.95. The molecule has 0 bridgehead atoms. The minimum atomic E-state index is 0.167. The SMILES string of the molecule is C=C(Cc1ccc(O)cc1Cl)c1ccc(Cl)cc1. The van der Waals surface area contributed by atoms with Crippen LogP contribution in [0.15, 0.2) is 49.0 Å². The third kappa shape index (κ3) is 3.06. The van der Waals surface area contributed by atoms with Gasteiger partial charge in [-0.3, -0.25) is 0 Å². The molecule has 0 radical (unpaired) electrons. The molecule has 0 aliphatic heterocycles. The normalized spacial score (nSPS) is 10.3. The van der Waals surface area contributed by atoms with Crippen molar-refractivity contribution in [3.63, 3.8) is 0 Å². The van der Waals surface area contributed by atoms with Gasteiger partial charge < -0.3 is 5.11 Å². The van der Waals surface area contributed by atoms with Gasteiger partial charge in [0.25, 0.3) is 0 Å². The highest BCUT2D eigenvalue weighted by molar-refractivity contribution is 6.31. The number of hydrogen-bond acceptors (Lipinski definition) is 1. The van der Waals surface area contributed by atoms with Crippen LogP contribution in [0.1, 0.15) is 11.1 Å². The van der Waals surface area contributed by atoms with Gasteiger partial charge in [-0.2, -0.15) is 0 Å². The van der Waals surface area contributed by atoms with Crippen LogP contribution in [0.2, 0.25) is 10.0 Å². The van der Waals surface area contributed by atoms with Crippen molar-refractivity contribution < 1.29 is 5.11 Å². The lowest BCUT2D eigenvalue weighted by Gasteiger charge is -2.08. The van der Waals surface area contributed by atoms with E-state index in [1.807, 2.05) is 24.3 Å². The van der Waals surface area contributed by atoms with Crippen molar-refractivity contribution in [2.75, 3.05) is 0 Å². The Hall–Kier alpha value is -1.44. The average molecular weight is 279 g/mol. The minimum Gasteiger partial charge on any atom is -0.508 e. The lowest BCUT2D eigenvalue weighted by atomic mass is 10.00. The van der Waals surface area contributed by atoms with Crippen LogP contribution in [0.4, 0.5) is 0 Å². The quantitative estimate of drug-likeness (QED) is 0.842. The Bertz CT molecular complexity index is 574. The summed E-state index contributed by atoms with van der Waals surface area (Å²) in [6, 6.07) is 12.5. The van der Waals surface area contributed by atoms with Crippen LogP contribution in [0.3, 0.4) is 0 Å². The van der Waals surface area contributed by atoms with E-state index in [-0.39, 0.29) is 5.75 Å². The second-order valence-electron chi connectivity index (χ2n) is 4.06. The van der Waals surface area contributed by atoms with Gasteiger partial charge in [-0.1, -0.05) is 48.0 Å². The van der Waals surface area contributed by atoms with E-state index in [2.05, 4.69) is 6.58 Å². The Morgan fingerprint density at radius 1 is 1.06 bits per heavy atom. The third-order valence-corrected chi connectivity index (χ3v) is 3.30. The molecule has 3 heteroatoms. The molecule has 2 rings (SSSR count). The highest BCUT2D eigenvalue weighted by Gasteiger charge is 2.05. The second kappa shape index (κ2) is 5.47. The summed E-state index contributed by atoms with van der Waals surface area (Å²) in [6.45, 7) is 4.05. The number of allylic oxidation sites excluding steroid dienone is 1. The monoisotopic (exact) mass is 278 g/mol. The van der Waals surface area contributed by atoms with Gasteiger partial charge in [-0.05, 0) is 47.4 Å². The van der Waals surface area contributed by atoms with E-state index in [1.54, 1.807) is 12.1 Å². The van der Waals surface area contributed by atoms with E-state index in [0.29, 0.717) is 16.5 Å². The molecule has 0 aliphatic carbocycles. The Labute approximate surface area is 116 Å². The van der Waals surface area contributed by atoms with Crippen LogP contribution >= 0.6 is 23.2 Å². The van der Waals surface area contributed by atoms with Crippen LogP contribution in [0, 0.1) is 0 Å². The fraction of sp³-hybridized carbons (Fsp3) is 0.0667. The Morgan fingerprint density at radius 2 is 1.72 bits per heavy atom. The summed E-state index contributed by atoms with van der Waals surface area (Å²) < 4.78 is 0. The van der Waals surface area contributed by atoms with Crippen molar-refractivity contribution in [1.29, 1.82) is 0 Å². The lowest BCUT2D eigenvalue weighted by molar-refractivity contribution is 0.475. The van der Waals surface area contributed by atoms with Crippen molar-refractivity contribution in [3.8, 4) is 5.75 Å². The van der Waals surface area contributed by atoms with E-state index in [9.17, 15) is 5.11 Å². The molecule has 0 amide bonds. The van der Waals surface area contributed by atoms with Crippen LogP contribution in [0.5, 0.6) is 5.75 Å². The van der Waals surface area contributed by atoms with Crippen molar-refractivity contribution in [2.24, 2.45) is 0 Å². The Morgan fingerprint density at radius 3 is 2.33 bits per heavy atom. The fourth-order valence-electron chi connectivity index (χ4n) is 1.70. The summed E-state index contributed by atoms with van der Waals surface area (Å²) in [5, 5.41) is 10.5. The van der Waals surface area contributed by atoms with Crippen molar-refractivity contribution in [2.45, 2.75) is 6.42 Å². The van der Waals surface area contributed by atoms with Gasteiger partial charge >= 0.3 is 0 Å². The number of phenols is 1. The molecule has 2 aromatic carbocycles. The molecule has 0 aromatic heterocycles. The maximum atomic E-state index is 9.30. The number of benzene rings is 2. The molecule has 92 valence electrons. The number of aromatic hydroxyl groups is 1. The largest absolute Gasteiger partial charge is 0.508 e. The zero-order valence-corrected chi connectivity index (χ0v) is 11.2. The van der Waals surface area contributed by atoms with Crippen LogP contribution in [-0.4, -0.2) is 5.11 Å². The summed E-state index contributed by atoms with van der Waals surface area (Å²) in [4.78, 5) is 0. The molecule has 18 heavy (non-hydrogen) atoms. The fourth-order valence-corrected chi connectivity index (χ4v) is 2.06. The summed E-state index contributed by atoms with van der Waals surface area (Å²) in [5.74, 6) is 0.167. The van der Waals surface area contributed by atoms with Crippen LogP contribution < -0.4 is 0 Å². The van der Waals surface area contributed by atoms with Crippen molar-refractivity contribution in [3.05, 3.63) is 70.2 Å². The second-order valence-corrected chi connectivity index (χ2v) is 4.91. The number of phenolic OH excluding ortho intramolecular Hbond substituents is 1. The molecule has 1 nitrogen and oxygen atoms in total. The molecule has 0 saturated heterocycles. The van der Waals surface area contributed by atoms with Gasteiger partial charge in [0.05, 0.1) is 0 Å². The number of halogens is 2. The van der Waals surface area contributed by atoms with Gasteiger partial charge in [0.1, 0.15) is 5.75 Å². The standard InChI is InChI=1S/C15H12Cl2O/c1-10(11-2-5-13(16)6-3-11)8-12-4-7-14(18)9-15(12)17/h2-7,9,18H,1,8H2. The zero-order valence-electron chi connectivity index (χ0n) is 9.66. The predicted molar refractivity (Wildman–Crippen MR) is 77.3 cm³/mol. The first-order chi connectivity index (χ1) is 8.56. The first-order valence-corrected chi connectivity index (χ1v) is 6.23. The van der Waals surface area contributed by atoms with Gasteiger partial charge in [0, 0.05) is 10.0 Å². The zero-order chi connectivity index (χ0) is 13.1. The van der Waals surface area contributed by atoms with Gasteiger partial charge in [-0.25, -0.2) is 0 Å². The lowest BCUT2D eigenvalue weighted by Crippen LogP contribution is -1.90. The smallest absolute Gasteiger partial charge is 0.117 e. The molecule has 0 atom stereocenters. The first-order valence-electron chi connectivity index (χ1n) is 5.47. The number of rotatable bonds is 3. The molecule has 0 heterocycles. The van der Waals surface area contributed by atoms with Crippen molar-refractivity contribution in [1.82, 2.24) is 0 Å². The maximum Gasteiger partial charge on any atom is 0.117 e. The molecular weight excluding hydrogens is 267 g/mol. The molecule has 0 aliphatic rings. The van der Waals surface area contributed by atoms with Crippen molar-refractivity contribution >= 4 is 28.8 Å². The van der Waals surface area contributed by atoms with E-state index in [4.69, 9.17) is 23.2 Å². The number of hydrogen-bond donors (Lipinski definition) is 1. The highest BCUT2D eigenvalue weighted by atomic mass is 35.5. The topological polar surface area (TPSA) is 20.2 Å². The molecule has 0 unspecified atom stereocenters. The summed E-state index contributed by atoms with van der Waals surface area (Å²) in [6.07, 6.45) is 0.640. The molecule has 0 fully saturated rings. The van der Waals surface area contributed by atoms with E-state index >= 15 is 0 Å². The van der Waals surface area contributed by atoms with E-state index in [0.717, 1.165) is 16.7 Å². The predicted octanol–water partition coefficient (Wildman–Crippen LogP) is 4.95. The van der Waals surface area contributed by atoms with Crippen LogP contribution in [0.25, 0.3) is 5.57 Å². The molecule has 1 N–H and O–H groups in total. The molecule has 0 spiro atoms. The Balaban J connectivity index is 2.18. The molecule has 2 aromatic rings. The van der Waals surface area contributed by atoms with Gasteiger partial charge in [0.15, 0.2) is 0 Å². The van der Waals surface area contributed by atoms with E-state index in [1.165, 1.54) is 6.07 Å². The maximum absolute atomic E-state index is 9.30. The summed E-state index contributed by atoms with van der Waals surface area (Å²) >= 11 is 11.9. The summed E-state index contributed by atoms with van der Waals surface area (Å²) in [7, 11) is 0. The van der Waals surface area contributed by atoms with Gasteiger partial charge in [-0.15, -0.1) is 0 Å². The highest BCUT2D eigenvalue weighted by Crippen LogP contribution is 2.26. The van der Waals surface area contributed by atoms with Gasteiger partial charge in [0.2, 0.25) is 0 Å². The minimum absolute atomic E-state index is 0.167. The molecule has 0 saturated carbocycles. The third-order valence-electron chi connectivity index (χ3n) is 2.69. The first kappa shape index (κ1) is 13.0. The van der Waals surface area contributed by atoms with E-state index < -0.39 is 0 Å².